The van der Waals surface area contributed by atoms with Crippen molar-refractivity contribution in [3.8, 4) is 11.5 Å². The second kappa shape index (κ2) is 8.75. The number of hydrogen-bond acceptors (Lipinski definition) is 5. The maximum absolute atomic E-state index is 13.5. The van der Waals surface area contributed by atoms with Crippen molar-refractivity contribution in [2.45, 2.75) is 38.8 Å². The summed E-state index contributed by atoms with van der Waals surface area (Å²) in [6, 6.07) is 21.6. The average Bonchev–Trinajstić information content (AvgIpc) is 3.58. The van der Waals surface area contributed by atoms with Crippen molar-refractivity contribution < 1.29 is 18.8 Å². The summed E-state index contributed by atoms with van der Waals surface area (Å²) >= 11 is 0. The highest BCUT2D eigenvalue weighted by Crippen LogP contribution is 2.35. The van der Waals surface area contributed by atoms with Crippen molar-refractivity contribution in [1.82, 2.24) is 9.88 Å². The number of carbonyl (C=O) groups is 3. The molecule has 1 aliphatic heterocycles. The highest BCUT2D eigenvalue weighted by atomic mass is 16.3. The lowest BCUT2D eigenvalue weighted by molar-refractivity contribution is -0.140. The number of fused-ring (bicyclic) bond motifs is 1. The third-order valence-corrected chi connectivity index (χ3v) is 6.85. The van der Waals surface area contributed by atoms with Crippen LogP contribution < -0.4 is 4.90 Å². The summed E-state index contributed by atoms with van der Waals surface area (Å²) in [6.45, 7) is 2.31. The van der Waals surface area contributed by atoms with Gasteiger partial charge in [0.05, 0.1) is 12.1 Å². The molecule has 0 radical (unpaired) electrons. The standard InChI is InChI=1S/C29H25N3O4/c1-18-6-8-19(9-7-18)17-31(28(34)21-10-11-21)24-16-26(33)32(29(24)35)22-14-12-20(13-15-22)27-30-23-4-2-3-5-25(23)36-27/h2-9,12-15,21,24H,10-11,16-17H2,1H3. The van der Waals surface area contributed by atoms with Crippen molar-refractivity contribution in [2.24, 2.45) is 5.92 Å². The molecule has 4 aromatic rings. The summed E-state index contributed by atoms with van der Waals surface area (Å²) in [6.07, 6.45) is 1.65. The monoisotopic (exact) mass is 479 g/mol. The summed E-state index contributed by atoms with van der Waals surface area (Å²) in [4.78, 5) is 47.0. The van der Waals surface area contributed by atoms with Gasteiger partial charge in [0.1, 0.15) is 11.6 Å². The largest absolute Gasteiger partial charge is 0.436 e. The first-order valence-corrected chi connectivity index (χ1v) is 12.2. The number of carbonyl (C=O) groups excluding carboxylic acids is 3. The van der Waals surface area contributed by atoms with E-state index in [1.54, 1.807) is 29.2 Å². The Morgan fingerprint density at radius 1 is 1.00 bits per heavy atom. The topological polar surface area (TPSA) is 83.7 Å². The van der Waals surface area contributed by atoms with Crippen LogP contribution in [-0.2, 0) is 20.9 Å². The molecule has 2 fully saturated rings. The lowest BCUT2D eigenvalue weighted by Gasteiger charge is -2.28. The van der Waals surface area contributed by atoms with Gasteiger partial charge < -0.3 is 9.32 Å². The van der Waals surface area contributed by atoms with Gasteiger partial charge >= 0.3 is 0 Å². The van der Waals surface area contributed by atoms with Crippen LogP contribution >= 0.6 is 0 Å². The van der Waals surface area contributed by atoms with Gasteiger partial charge in [-0.25, -0.2) is 9.88 Å². The smallest absolute Gasteiger partial charge is 0.257 e. The number of benzene rings is 3. The van der Waals surface area contributed by atoms with E-state index >= 15 is 0 Å². The molecule has 1 unspecified atom stereocenters. The first-order chi connectivity index (χ1) is 17.5. The van der Waals surface area contributed by atoms with Crippen LogP contribution in [0, 0.1) is 12.8 Å². The Balaban J connectivity index is 1.25. The molecule has 7 heteroatoms. The van der Waals surface area contributed by atoms with E-state index in [0.29, 0.717) is 23.7 Å². The van der Waals surface area contributed by atoms with Gasteiger partial charge in [0.15, 0.2) is 5.58 Å². The molecule has 1 aliphatic carbocycles. The van der Waals surface area contributed by atoms with Crippen molar-refractivity contribution >= 4 is 34.5 Å². The van der Waals surface area contributed by atoms with Crippen LogP contribution in [0.4, 0.5) is 5.69 Å². The minimum absolute atomic E-state index is 0.0178. The molecule has 180 valence electrons. The molecule has 1 saturated carbocycles. The molecule has 2 heterocycles. The molecule has 0 bridgehead atoms. The minimum Gasteiger partial charge on any atom is -0.436 e. The zero-order chi connectivity index (χ0) is 24.8. The molecule has 1 atom stereocenters. The van der Waals surface area contributed by atoms with Crippen molar-refractivity contribution in [3.63, 3.8) is 0 Å². The van der Waals surface area contributed by atoms with E-state index in [9.17, 15) is 14.4 Å². The van der Waals surface area contributed by atoms with E-state index in [-0.39, 0.29) is 30.1 Å². The van der Waals surface area contributed by atoms with Gasteiger partial charge in [-0.05, 0) is 61.7 Å². The Kier molecular flexibility index (Phi) is 5.40. The predicted octanol–water partition coefficient (Wildman–Crippen LogP) is 4.87. The molecular weight excluding hydrogens is 454 g/mol. The number of rotatable bonds is 6. The first kappa shape index (κ1) is 22.2. The van der Waals surface area contributed by atoms with Crippen LogP contribution in [-0.4, -0.2) is 33.6 Å². The van der Waals surface area contributed by atoms with E-state index in [4.69, 9.17) is 4.42 Å². The normalized spacial score (nSPS) is 17.7. The SMILES string of the molecule is Cc1ccc(CN(C(=O)C2CC2)C2CC(=O)N(c3ccc(-c4nc5ccccc5o4)cc3)C2=O)cc1. The van der Waals surface area contributed by atoms with Gasteiger partial charge in [-0.2, -0.15) is 0 Å². The maximum Gasteiger partial charge on any atom is 0.257 e. The van der Waals surface area contributed by atoms with Gasteiger partial charge in [-0.1, -0.05) is 42.0 Å². The fourth-order valence-corrected chi connectivity index (χ4v) is 4.68. The number of aromatic nitrogens is 1. The zero-order valence-electron chi connectivity index (χ0n) is 19.9. The van der Waals surface area contributed by atoms with Gasteiger partial charge in [0, 0.05) is 18.0 Å². The van der Waals surface area contributed by atoms with Gasteiger partial charge in [0.25, 0.3) is 5.91 Å². The minimum atomic E-state index is -0.802. The molecule has 0 N–H and O–H groups in total. The van der Waals surface area contributed by atoms with E-state index < -0.39 is 6.04 Å². The van der Waals surface area contributed by atoms with E-state index in [0.717, 1.165) is 35.0 Å². The number of anilines is 1. The second-order valence-electron chi connectivity index (χ2n) is 9.55. The molecule has 3 aromatic carbocycles. The number of para-hydroxylation sites is 2. The molecule has 1 aromatic heterocycles. The van der Waals surface area contributed by atoms with Gasteiger partial charge in [0.2, 0.25) is 17.7 Å². The summed E-state index contributed by atoms with van der Waals surface area (Å²) in [5.41, 5.74) is 4.74. The molecule has 36 heavy (non-hydrogen) atoms. The van der Waals surface area contributed by atoms with Gasteiger partial charge in [-0.15, -0.1) is 0 Å². The van der Waals surface area contributed by atoms with Crippen LogP contribution in [0.5, 0.6) is 0 Å². The molecular formula is C29H25N3O4. The summed E-state index contributed by atoms with van der Waals surface area (Å²) in [7, 11) is 0. The van der Waals surface area contributed by atoms with Crippen LogP contribution in [0.15, 0.2) is 77.2 Å². The zero-order valence-corrected chi connectivity index (χ0v) is 19.9. The van der Waals surface area contributed by atoms with Crippen LogP contribution in [0.2, 0.25) is 0 Å². The Morgan fingerprint density at radius 2 is 1.72 bits per heavy atom. The molecule has 2 aliphatic rings. The number of oxazole rings is 1. The quantitative estimate of drug-likeness (QED) is 0.368. The van der Waals surface area contributed by atoms with E-state index in [2.05, 4.69) is 4.98 Å². The Morgan fingerprint density at radius 3 is 2.42 bits per heavy atom. The third kappa shape index (κ3) is 4.06. The fraction of sp³-hybridized carbons (Fsp3) is 0.241. The lowest BCUT2D eigenvalue weighted by Crippen LogP contribution is -2.45. The second-order valence-corrected chi connectivity index (χ2v) is 9.55. The fourth-order valence-electron chi connectivity index (χ4n) is 4.68. The number of hydrogen-bond donors (Lipinski definition) is 0. The van der Waals surface area contributed by atoms with Crippen molar-refractivity contribution in [1.29, 1.82) is 0 Å². The number of aryl methyl sites for hydroxylation is 1. The molecule has 1 saturated heterocycles. The van der Waals surface area contributed by atoms with Gasteiger partial charge in [-0.3, -0.25) is 14.4 Å². The lowest BCUT2D eigenvalue weighted by atomic mass is 10.1. The molecule has 0 spiro atoms. The first-order valence-electron chi connectivity index (χ1n) is 12.2. The highest BCUT2D eigenvalue weighted by molar-refractivity contribution is 6.23. The summed E-state index contributed by atoms with van der Waals surface area (Å²) < 4.78 is 5.83. The Hall–Kier alpha value is -4.26. The van der Waals surface area contributed by atoms with Crippen LogP contribution in [0.3, 0.4) is 0 Å². The number of nitrogens with zero attached hydrogens (tertiary/aromatic N) is 3. The summed E-state index contributed by atoms with van der Waals surface area (Å²) in [5.74, 6) is -0.301. The van der Waals surface area contributed by atoms with Crippen molar-refractivity contribution in [2.75, 3.05) is 4.90 Å². The Bertz CT molecular complexity index is 1440. The summed E-state index contributed by atoms with van der Waals surface area (Å²) in [5, 5.41) is 0. The van der Waals surface area contributed by atoms with E-state index in [1.165, 1.54) is 4.90 Å². The maximum atomic E-state index is 13.5. The molecule has 7 nitrogen and oxygen atoms in total. The molecule has 6 rings (SSSR count). The predicted molar refractivity (Wildman–Crippen MR) is 135 cm³/mol. The van der Waals surface area contributed by atoms with E-state index in [1.807, 2.05) is 55.5 Å². The average molecular weight is 480 g/mol. The van der Waals surface area contributed by atoms with Crippen LogP contribution in [0.25, 0.3) is 22.6 Å². The van der Waals surface area contributed by atoms with Crippen LogP contribution in [0.1, 0.15) is 30.4 Å². The van der Waals surface area contributed by atoms with Crippen molar-refractivity contribution in [3.05, 3.63) is 83.9 Å². The highest BCUT2D eigenvalue weighted by Gasteiger charge is 2.46. The third-order valence-electron chi connectivity index (χ3n) is 6.85. The molecule has 3 amide bonds. The Labute approximate surface area is 208 Å². The number of imide groups is 1. The number of amides is 3.